The summed E-state index contributed by atoms with van der Waals surface area (Å²) in [5.74, 6) is 1.61. The standard InChI is InChI=1S/C14H17N3/c1-10-5-12(8-15-7-10)13-6-11-3-2-4-16-14(11)17-9-13/h2-6,10,15H,7-9H2,1H3,(H,16,17)/t10-/m1/s1. The van der Waals surface area contributed by atoms with E-state index in [9.17, 15) is 0 Å². The largest absolute Gasteiger partial charge is 0.365 e. The molecule has 0 unspecified atom stereocenters. The molecule has 3 nitrogen and oxygen atoms in total. The second-order valence-corrected chi connectivity index (χ2v) is 4.76. The summed E-state index contributed by atoms with van der Waals surface area (Å²) in [4.78, 5) is 4.32. The summed E-state index contributed by atoms with van der Waals surface area (Å²) in [5.41, 5.74) is 3.99. The summed E-state index contributed by atoms with van der Waals surface area (Å²) in [7, 11) is 0. The van der Waals surface area contributed by atoms with Crippen LogP contribution < -0.4 is 10.6 Å². The molecular weight excluding hydrogens is 210 g/mol. The lowest BCUT2D eigenvalue weighted by atomic mass is 9.94. The van der Waals surface area contributed by atoms with Crippen LogP contribution in [0.1, 0.15) is 12.5 Å². The Morgan fingerprint density at radius 3 is 3.12 bits per heavy atom. The van der Waals surface area contributed by atoms with Crippen molar-refractivity contribution in [2.24, 2.45) is 5.92 Å². The van der Waals surface area contributed by atoms with E-state index in [-0.39, 0.29) is 0 Å². The van der Waals surface area contributed by atoms with Gasteiger partial charge < -0.3 is 10.6 Å². The second-order valence-electron chi connectivity index (χ2n) is 4.76. The van der Waals surface area contributed by atoms with Crippen LogP contribution >= 0.6 is 0 Å². The minimum Gasteiger partial charge on any atom is -0.365 e. The normalized spacial score (nSPS) is 23.2. The Kier molecular flexibility index (Phi) is 2.69. The molecule has 2 N–H and O–H groups in total. The zero-order chi connectivity index (χ0) is 11.7. The fraction of sp³-hybridized carbons (Fsp3) is 0.357. The van der Waals surface area contributed by atoms with Crippen molar-refractivity contribution in [3.8, 4) is 0 Å². The van der Waals surface area contributed by atoms with E-state index in [0.717, 1.165) is 25.5 Å². The lowest BCUT2D eigenvalue weighted by Gasteiger charge is -2.24. The van der Waals surface area contributed by atoms with E-state index in [4.69, 9.17) is 0 Å². The third kappa shape index (κ3) is 2.11. The SMILES string of the molecule is C[C@@H]1C=C(C2=Cc3cccnc3NC2)CNC1. The monoisotopic (exact) mass is 227 g/mol. The number of anilines is 1. The molecule has 2 aliphatic heterocycles. The average Bonchev–Trinajstić information content (AvgIpc) is 2.38. The zero-order valence-electron chi connectivity index (χ0n) is 10.0. The summed E-state index contributed by atoms with van der Waals surface area (Å²) in [6, 6.07) is 4.09. The van der Waals surface area contributed by atoms with Gasteiger partial charge in [-0.25, -0.2) is 4.98 Å². The fourth-order valence-electron chi connectivity index (χ4n) is 2.42. The molecule has 0 bridgehead atoms. The number of hydrogen-bond donors (Lipinski definition) is 2. The van der Waals surface area contributed by atoms with E-state index in [2.05, 4.69) is 40.8 Å². The van der Waals surface area contributed by atoms with Gasteiger partial charge in [0.15, 0.2) is 0 Å². The van der Waals surface area contributed by atoms with E-state index in [1.807, 2.05) is 12.3 Å². The molecule has 2 aliphatic rings. The minimum atomic E-state index is 0.620. The van der Waals surface area contributed by atoms with Crippen LogP contribution in [0.15, 0.2) is 35.6 Å². The zero-order valence-corrected chi connectivity index (χ0v) is 10.0. The molecule has 1 atom stereocenters. The highest BCUT2D eigenvalue weighted by Crippen LogP contribution is 2.26. The molecule has 0 aliphatic carbocycles. The van der Waals surface area contributed by atoms with Gasteiger partial charge in [0.1, 0.15) is 5.82 Å². The third-order valence-corrected chi connectivity index (χ3v) is 3.29. The Labute approximate surface area is 102 Å². The minimum absolute atomic E-state index is 0.620. The number of hydrogen-bond acceptors (Lipinski definition) is 3. The van der Waals surface area contributed by atoms with Crippen LogP contribution in [0.4, 0.5) is 5.82 Å². The lowest BCUT2D eigenvalue weighted by molar-refractivity contribution is 0.585. The predicted octanol–water partition coefficient (Wildman–Crippen LogP) is 2.06. The molecule has 0 spiro atoms. The van der Waals surface area contributed by atoms with Crippen LogP contribution in [-0.4, -0.2) is 24.6 Å². The van der Waals surface area contributed by atoms with E-state index in [1.165, 1.54) is 16.7 Å². The summed E-state index contributed by atoms with van der Waals surface area (Å²) in [6.45, 7) is 5.19. The van der Waals surface area contributed by atoms with Gasteiger partial charge in [-0.1, -0.05) is 13.0 Å². The Bertz CT molecular complexity index is 488. The van der Waals surface area contributed by atoms with Gasteiger partial charge in [0.05, 0.1) is 0 Å². The molecule has 0 saturated carbocycles. The summed E-state index contributed by atoms with van der Waals surface area (Å²) in [6.07, 6.45) is 6.46. The van der Waals surface area contributed by atoms with Crippen molar-refractivity contribution in [2.75, 3.05) is 25.0 Å². The Morgan fingerprint density at radius 2 is 2.24 bits per heavy atom. The van der Waals surface area contributed by atoms with Crippen LogP contribution in [-0.2, 0) is 0 Å². The highest BCUT2D eigenvalue weighted by atomic mass is 15.0. The van der Waals surface area contributed by atoms with Crippen molar-refractivity contribution in [2.45, 2.75) is 6.92 Å². The summed E-state index contributed by atoms with van der Waals surface area (Å²) in [5, 5.41) is 6.83. The smallest absolute Gasteiger partial charge is 0.133 e. The first-order valence-corrected chi connectivity index (χ1v) is 6.14. The number of pyridine rings is 1. The highest BCUT2D eigenvalue weighted by Gasteiger charge is 2.16. The molecule has 3 rings (SSSR count). The second kappa shape index (κ2) is 4.34. The first-order valence-electron chi connectivity index (χ1n) is 6.14. The van der Waals surface area contributed by atoms with Gasteiger partial charge in [-0.15, -0.1) is 0 Å². The molecule has 1 aromatic heterocycles. The van der Waals surface area contributed by atoms with E-state index in [1.54, 1.807) is 0 Å². The number of nitrogens with one attached hydrogen (secondary N) is 2. The maximum absolute atomic E-state index is 4.32. The van der Waals surface area contributed by atoms with Crippen molar-refractivity contribution < 1.29 is 0 Å². The predicted molar refractivity (Wildman–Crippen MR) is 70.8 cm³/mol. The maximum atomic E-state index is 4.32. The van der Waals surface area contributed by atoms with Crippen molar-refractivity contribution in [3.05, 3.63) is 41.1 Å². The van der Waals surface area contributed by atoms with Gasteiger partial charge in [-0.3, -0.25) is 0 Å². The van der Waals surface area contributed by atoms with Gasteiger partial charge >= 0.3 is 0 Å². The molecule has 1 aromatic rings. The van der Waals surface area contributed by atoms with E-state index >= 15 is 0 Å². The topological polar surface area (TPSA) is 37.0 Å². The first kappa shape index (κ1) is 10.5. The Hall–Kier alpha value is -1.61. The van der Waals surface area contributed by atoms with Gasteiger partial charge in [0.25, 0.3) is 0 Å². The van der Waals surface area contributed by atoms with Crippen LogP contribution in [0.25, 0.3) is 6.08 Å². The van der Waals surface area contributed by atoms with Crippen molar-refractivity contribution in [1.82, 2.24) is 10.3 Å². The molecule has 17 heavy (non-hydrogen) atoms. The van der Waals surface area contributed by atoms with Crippen LogP contribution in [0.5, 0.6) is 0 Å². The maximum Gasteiger partial charge on any atom is 0.133 e. The molecule has 88 valence electrons. The molecular formula is C14H17N3. The molecule has 3 heterocycles. The number of rotatable bonds is 1. The number of aromatic nitrogens is 1. The van der Waals surface area contributed by atoms with E-state index < -0.39 is 0 Å². The van der Waals surface area contributed by atoms with Crippen molar-refractivity contribution >= 4 is 11.9 Å². The van der Waals surface area contributed by atoms with Crippen molar-refractivity contribution in [3.63, 3.8) is 0 Å². The Balaban J connectivity index is 1.93. The number of fused-ring (bicyclic) bond motifs is 1. The first-order chi connectivity index (χ1) is 8.33. The molecule has 3 heteroatoms. The quantitative estimate of drug-likeness (QED) is 0.771. The molecule has 0 radical (unpaired) electrons. The molecule has 0 fully saturated rings. The molecule has 0 saturated heterocycles. The van der Waals surface area contributed by atoms with Crippen LogP contribution in [0.2, 0.25) is 0 Å². The van der Waals surface area contributed by atoms with Crippen molar-refractivity contribution in [1.29, 1.82) is 0 Å². The van der Waals surface area contributed by atoms with E-state index in [0.29, 0.717) is 5.92 Å². The number of nitrogens with zero attached hydrogens (tertiary/aromatic N) is 1. The highest BCUT2D eigenvalue weighted by molar-refractivity contribution is 5.72. The Morgan fingerprint density at radius 1 is 1.29 bits per heavy atom. The van der Waals surface area contributed by atoms with Crippen LogP contribution in [0.3, 0.4) is 0 Å². The van der Waals surface area contributed by atoms with Gasteiger partial charge in [0.2, 0.25) is 0 Å². The molecule has 0 aromatic carbocycles. The van der Waals surface area contributed by atoms with Crippen LogP contribution in [0, 0.1) is 5.92 Å². The van der Waals surface area contributed by atoms with Gasteiger partial charge in [0, 0.05) is 31.4 Å². The lowest BCUT2D eigenvalue weighted by Crippen LogP contribution is -2.29. The average molecular weight is 227 g/mol. The van der Waals surface area contributed by atoms with Gasteiger partial charge in [-0.2, -0.15) is 0 Å². The van der Waals surface area contributed by atoms with Gasteiger partial charge in [-0.05, 0) is 35.3 Å². The summed E-state index contributed by atoms with van der Waals surface area (Å²) < 4.78 is 0. The fourth-order valence-corrected chi connectivity index (χ4v) is 2.42. The summed E-state index contributed by atoms with van der Waals surface area (Å²) >= 11 is 0. The third-order valence-electron chi connectivity index (χ3n) is 3.29. The molecule has 0 amide bonds.